The van der Waals surface area contributed by atoms with E-state index in [0.717, 1.165) is 64.5 Å². The molecule has 24 heavy (non-hydrogen) atoms. The van der Waals surface area contributed by atoms with Crippen molar-refractivity contribution in [1.82, 2.24) is 4.90 Å². The van der Waals surface area contributed by atoms with Crippen LogP contribution in [0.25, 0.3) is 0 Å². The number of rotatable bonds is 17. The van der Waals surface area contributed by atoms with Crippen molar-refractivity contribution in [3.63, 3.8) is 0 Å². The Hall–Kier alpha value is -1.14. The average Bonchev–Trinajstić information content (AvgIpc) is 2.53. The van der Waals surface area contributed by atoms with Crippen LogP contribution in [0.1, 0.15) is 71.1 Å². The fraction of sp³-hybridized carbons (Fsp3) is 0.889. The average molecular weight is 345 g/mol. The van der Waals surface area contributed by atoms with Crippen molar-refractivity contribution in [2.45, 2.75) is 71.1 Å². The molecule has 0 heterocycles. The Balaban J connectivity index is 3.66. The Morgan fingerprint density at radius 3 is 2.21 bits per heavy atom. The molecule has 0 saturated carbocycles. The van der Waals surface area contributed by atoms with Gasteiger partial charge >= 0.3 is 11.9 Å². The van der Waals surface area contributed by atoms with E-state index in [9.17, 15) is 9.59 Å². The smallest absolute Gasteiger partial charge is 0.305 e. The van der Waals surface area contributed by atoms with Gasteiger partial charge in [-0.1, -0.05) is 32.6 Å². The molecule has 142 valence electrons. The predicted molar refractivity (Wildman–Crippen MR) is 94.0 cm³/mol. The monoisotopic (exact) mass is 345 g/mol. The molecule has 0 amide bonds. The molecule has 0 aromatic carbocycles. The molecule has 0 bridgehead atoms. The summed E-state index contributed by atoms with van der Waals surface area (Å²) in [6, 6.07) is 0. The third kappa shape index (κ3) is 15.7. The van der Waals surface area contributed by atoms with Gasteiger partial charge in [-0.25, -0.2) is 0 Å². The number of aliphatic hydroxyl groups excluding tert-OH is 1. The SMILES string of the molecule is CCCCOC(=O)CCCN(CCO)CCCCCCCC(=O)O. The maximum Gasteiger partial charge on any atom is 0.305 e. The second kappa shape index (κ2) is 16.7. The molecular weight excluding hydrogens is 310 g/mol. The van der Waals surface area contributed by atoms with Crippen molar-refractivity contribution in [2.75, 3.05) is 32.8 Å². The number of carbonyl (C=O) groups excluding carboxylic acids is 1. The van der Waals surface area contributed by atoms with Crippen LogP contribution in [0.5, 0.6) is 0 Å². The van der Waals surface area contributed by atoms with Gasteiger partial charge in [0.1, 0.15) is 0 Å². The number of aliphatic hydroxyl groups is 1. The molecule has 6 nitrogen and oxygen atoms in total. The molecule has 0 aliphatic carbocycles. The van der Waals surface area contributed by atoms with Crippen molar-refractivity contribution in [1.29, 1.82) is 0 Å². The van der Waals surface area contributed by atoms with Gasteiger partial charge in [0, 0.05) is 19.4 Å². The first-order valence-corrected chi connectivity index (χ1v) is 9.30. The highest BCUT2D eigenvalue weighted by atomic mass is 16.5. The largest absolute Gasteiger partial charge is 0.481 e. The standard InChI is InChI=1S/C18H35NO5/c1-2-3-16-24-18(23)11-9-13-19(14-15-20)12-8-6-4-5-7-10-17(21)22/h20H,2-16H2,1H3,(H,21,22). The van der Waals surface area contributed by atoms with Crippen LogP contribution in [0.2, 0.25) is 0 Å². The Morgan fingerprint density at radius 1 is 0.875 bits per heavy atom. The van der Waals surface area contributed by atoms with Gasteiger partial charge in [0.2, 0.25) is 0 Å². The zero-order valence-corrected chi connectivity index (χ0v) is 15.2. The maximum atomic E-state index is 11.5. The second-order valence-corrected chi connectivity index (χ2v) is 6.15. The number of aliphatic carboxylic acids is 1. The van der Waals surface area contributed by atoms with Gasteiger partial charge in [-0.15, -0.1) is 0 Å². The lowest BCUT2D eigenvalue weighted by atomic mass is 10.1. The highest BCUT2D eigenvalue weighted by Crippen LogP contribution is 2.07. The Kier molecular flexibility index (Phi) is 15.9. The summed E-state index contributed by atoms with van der Waals surface area (Å²) >= 11 is 0. The van der Waals surface area contributed by atoms with E-state index in [1.165, 1.54) is 0 Å². The minimum atomic E-state index is -0.725. The van der Waals surface area contributed by atoms with E-state index in [2.05, 4.69) is 11.8 Å². The number of hydrogen-bond donors (Lipinski definition) is 2. The molecule has 0 unspecified atom stereocenters. The summed E-state index contributed by atoms with van der Waals surface area (Å²) in [4.78, 5) is 24.1. The summed E-state index contributed by atoms with van der Waals surface area (Å²) in [6.07, 6.45) is 8.22. The quantitative estimate of drug-likeness (QED) is 0.311. The van der Waals surface area contributed by atoms with Crippen molar-refractivity contribution in [2.24, 2.45) is 0 Å². The third-order valence-corrected chi connectivity index (χ3v) is 3.90. The fourth-order valence-electron chi connectivity index (χ4n) is 2.47. The van der Waals surface area contributed by atoms with Crippen LogP contribution in [-0.2, 0) is 14.3 Å². The lowest BCUT2D eigenvalue weighted by molar-refractivity contribution is -0.144. The normalized spacial score (nSPS) is 11.0. The van der Waals surface area contributed by atoms with Gasteiger partial charge in [-0.05, 0) is 38.8 Å². The molecule has 0 fully saturated rings. The maximum absolute atomic E-state index is 11.5. The van der Waals surface area contributed by atoms with Crippen molar-refractivity contribution in [3.8, 4) is 0 Å². The summed E-state index contributed by atoms with van der Waals surface area (Å²) < 4.78 is 5.13. The number of carbonyl (C=O) groups is 2. The summed E-state index contributed by atoms with van der Waals surface area (Å²) in [5.74, 6) is -0.858. The molecule has 0 saturated heterocycles. The molecule has 0 rings (SSSR count). The first kappa shape index (κ1) is 22.9. The first-order valence-electron chi connectivity index (χ1n) is 9.30. The van der Waals surface area contributed by atoms with Crippen LogP contribution in [0.3, 0.4) is 0 Å². The number of hydrogen-bond acceptors (Lipinski definition) is 5. The molecule has 2 N–H and O–H groups in total. The second-order valence-electron chi connectivity index (χ2n) is 6.15. The number of unbranched alkanes of at least 4 members (excludes halogenated alkanes) is 5. The van der Waals surface area contributed by atoms with Gasteiger partial charge < -0.3 is 19.8 Å². The first-order chi connectivity index (χ1) is 11.6. The van der Waals surface area contributed by atoms with Crippen molar-refractivity contribution in [3.05, 3.63) is 0 Å². The van der Waals surface area contributed by atoms with Crippen LogP contribution in [-0.4, -0.2) is 59.9 Å². The summed E-state index contributed by atoms with van der Waals surface area (Å²) in [5, 5.41) is 17.7. The van der Waals surface area contributed by atoms with E-state index in [4.69, 9.17) is 14.9 Å². The highest BCUT2D eigenvalue weighted by molar-refractivity contribution is 5.69. The Bertz CT molecular complexity index is 323. The van der Waals surface area contributed by atoms with Gasteiger partial charge in [0.15, 0.2) is 0 Å². The molecule has 0 radical (unpaired) electrons. The van der Waals surface area contributed by atoms with Gasteiger partial charge in [0.05, 0.1) is 13.2 Å². The number of carboxylic acids is 1. The number of ether oxygens (including phenoxy) is 1. The van der Waals surface area contributed by atoms with Crippen molar-refractivity contribution >= 4 is 11.9 Å². The molecule has 0 aromatic heterocycles. The van der Waals surface area contributed by atoms with E-state index >= 15 is 0 Å². The lowest BCUT2D eigenvalue weighted by Crippen LogP contribution is -2.29. The van der Waals surface area contributed by atoms with Crippen molar-refractivity contribution < 1.29 is 24.5 Å². The minimum Gasteiger partial charge on any atom is -0.481 e. The van der Waals surface area contributed by atoms with Gasteiger partial charge in [-0.2, -0.15) is 0 Å². The van der Waals surface area contributed by atoms with E-state index in [1.54, 1.807) is 0 Å². The Morgan fingerprint density at radius 2 is 1.54 bits per heavy atom. The van der Waals surface area contributed by atoms with E-state index in [1.807, 2.05) is 0 Å². The lowest BCUT2D eigenvalue weighted by Gasteiger charge is -2.21. The molecule has 0 aliphatic rings. The summed E-state index contributed by atoms with van der Waals surface area (Å²) in [5.41, 5.74) is 0. The molecule has 0 spiro atoms. The molecular formula is C18H35NO5. The van der Waals surface area contributed by atoms with E-state index in [0.29, 0.717) is 19.6 Å². The molecule has 0 atom stereocenters. The number of nitrogens with zero attached hydrogens (tertiary/aromatic N) is 1. The topological polar surface area (TPSA) is 87.1 Å². The summed E-state index contributed by atoms with van der Waals surface area (Å²) in [6.45, 7) is 5.03. The van der Waals surface area contributed by atoms with Gasteiger partial charge in [-0.3, -0.25) is 9.59 Å². The van der Waals surface area contributed by atoms with E-state index < -0.39 is 5.97 Å². The highest BCUT2D eigenvalue weighted by Gasteiger charge is 2.07. The zero-order valence-electron chi connectivity index (χ0n) is 15.2. The van der Waals surface area contributed by atoms with Crippen LogP contribution in [0, 0.1) is 0 Å². The minimum absolute atomic E-state index is 0.125. The predicted octanol–water partition coefficient (Wildman–Crippen LogP) is 2.83. The molecule has 6 heteroatoms. The van der Waals surface area contributed by atoms with Crippen LogP contribution in [0.15, 0.2) is 0 Å². The fourth-order valence-corrected chi connectivity index (χ4v) is 2.47. The molecule has 0 aromatic rings. The Labute approximate surface area is 146 Å². The van der Waals surface area contributed by atoms with Crippen LogP contribution >= 0.6 is 0 Å². The van der Waals surface area contributed by atoms with E-state index in [-0.39, 0.29) is 19.0 Å². The van der Waals surface area contributed by atoms with Crippen LogP contribution in [0.4, 0.5) is 0 Å². The number of carboxylic acid groups (broad SMARTS) is 1. The molecule has 0 aliphatic heterocycles. The third-order valence-electron chi connectivity index (χ3n) is 3.90. The van der Waals surface area contributed by atoms with Crippen LogP contribution < -0.4 is 0 Å². The zero-order chi connectivity index (χ0) is 18.0. The summed E-state index contributed by atoms with van der Waals surface area (Å²) in [7, 11) is 0. The number of esters is 1. The van der Waals surface area contributed by atoms with Gasteiger partial charge in [0.25, 0.3) is 0 Å².